The summed E-state index contributed by atoms with van der Waals surface area (Å²) >= 11 is 13.7. The first-order valence-corrected chi connectivity index (χ1v) is 9.75. The van der Waals surface area contributed by atoms with Crippen LogP contribution in [0, 0.1) is 0 Å². The van der Waals surface area contributed by atoms with Crippen LogP contribution in [0.5, 0.6) is 5.75 Å². The first-order valence-electron chi connectivity index (χ1n) is 8.12. The maximum absolute atomic E-state index is 13.1. The molecule has 4 nitrogen and oxygen atoms in total. The van der Waals surface area contributed by atoms with Crippen molar-refractivity contribution in [2.24, 2.45) is 0 Å². The molecule has 0 bridgehead atoms. The van der Waals surface area contributed by atoms with Crippen molar-refractivity contribution in [2.75, 3.05) is 7.11 Å². The molecule has 7 heteroatoms. The van der Waals surface area contributed by atoms with Crippen LogP contribution in [0.3, 0.4) is 0 Å². The van der Waals surface area contributed by atoms with Gasteiger partial charge in [-0.1, -0.05) is 41.4 Å². The van der Waals surface area contributed by atoms with E-state index in [0.717, 1.165) is 22.4 Å². The van der Waals surface area contributed by atoms with E-state index < -0.39 is 0 Å². The van der Waals surface area contributed by atoms with Crippen LogP contribution in [0.25, 0.3) is 21.3 Å². The molecule has 0 atom stereocenters. The van der Waals surface area contributed by atoms with Crippen LogP contribution in [0.4, 0.5) is 0 Å². The third-order valence-electron chi connectivity index (χ3n) is 4.32. The molecule has 0 aliphatic heterocycles. The zero-order chi connectivity index (χ0) is 19.0. The van der Waals surface area contributed by atoms with E-state index in [9.17, 15) is 4.79 Å². The Hall–Kier alpha value is -2.34. The fourth-order valence-electron chi connectivity index (χ4n) is 2.90. The first kappa shape index (κ1) is 18.0. The SMILES string of the molecule is COc1ccc(-c2csc3ncn(Cc4ccc(Cl)cc4Cl)c(=O)c23)cc1. The van der Waals surface area contributed by atoms with Gasteiger partial charge in [0.1, 0.15) is 10.6 Å². The second-order valence-electron chi connectivity index (χ2n) is 5.97. The number of thiophene rings is 1. The number of rotatable bonds is 4. The number of benzene rings is 2. The number of hydrogen-bond acceptors (Lipinski definition) is 4. The van der Waals surface area contributed by atoms with Gasteiger partial charge in [0.05, 0.1) is 25.4 Å². The van der Waals surface area contributed by atoms with Crippen molar-refractivity contribution in [3.8, 4) is 16.9 Å². The highest BCUT2D eigenvalue weighted by molar-refractivity contribution is 7.17. The summed E-state index contributed by atoms with van der Waals surface area (Å²) in [7, 11) is 1.62. The lowest BCUT2D eigenvalue weighted by Crippen LogP contribution is -2.21. The van der Waals surface area contributed by atoms with Gasteiger partial charge in [-0.25, -0.2) is 4.98 Å². The fourth-order valence-corrected chi connectivity index (χ4v) is 4.27. The number of methoxy groups -OCH3 is 1. The van der Waals surface area contributed by atoms with E-state index >= 15 is 0 Å². The van der Waals surface area contributed by atoms with Crippen molar-refractivity contribution >= 4 is 44.8 Å². The highest BCUT2D eigenvalue weighted by Gasteiger charge is 2.14. The summed E-state index contributed by atoms with van der Waals surface area (Å²) in [6.45, 7) is 0.329. The number of nitrogens with zero attached hydrogens (tertiary/aromatic N) is 2. The monoisotopic (exact) mass is 416 g/mol. The van der Waals surface area contributed by atoms with Gasteiger partial charge in [0.25, 0.3) is 5.56 Å². The lowest BCUT2D eigenvalue weighted by molar-refractivity contribution is 0.415. The van der Waals surface area contributed by atoms with E-state index in [1.807, 2.05) is 35.7 Å². The Balaban J connectivity index is 1.80. The largest absolute Gasteiger partial charge is 0.497 e. The van der Waals surface area contributed by atoms with Crippen LogP contribution >= 0.6 is 34.5 Å². The van der Waals surface area contributed by atoms with E-state index in [0.29, 0.717) is 26.8 Å². The molecule has 2 aromatic heterocycles. The molecule has 0 aliphatic carbocycles. The number of ether oxygens (including phenoxy) is 1. The highest BCUT2D eigenvalue weighted by Crippen LogP contribution is 2.31. The molecule has 0 fully saturated rings. The van der Waals surface area contributed by atoms with Gasteiger partial charge in [-0.3, -0.25) is 9.36 Å². The van der Waals surface area contributed by atoms with Crippen molar-refractivity contribution in [1.29, 1.82) is 0 Å². The Morgan fingerprint density at radius 3 is 2.63 bits per heavy atom. The quantitative estimate of drug-likeness (QED) is 0.441. The molecule has 0 saturated carbocycles. The van der Waals surface area contributed by atoms with Crippen molar-refractivity contribution in [2.45, 2.75) is 6.54 Å². The van der Waals surface area contributed by atoms with Crippen LogP contribution in [-0.4, -0.2) is 16.7 Å². The predicted molar refractivity (Wildman–Crippen MR) is 111 cm³/mol. The first-order chi connectivity index (χ1) is 13.1. The smallest absolute Gasteiger partial charge is 0.263 e. The lowest BCUT2D eigenvalue weighted by Gasteiger charge is -2.08. The molecule has 0 N–H and O–H groups in total. The van der Waals surface area contributed by atoms with Gasteiger partial charge in [0, 0.05) is 21.0 Å². The highest BCUT2D eigenvalue weighted by atomic mass is 35.5. The Morgan fingerprint density at radius 1 is 1.15 bits per heavy atom. The molecular weight excluding hydrogens is 403 g/mol. The minimum Gasteiger partial charge on any atom is -0.497 e. The van der Waals surface area contributed by atoms with Gasteiger partial charge in [0.2, 0.25) is 0 Å². The summed E-state index contributed by atoms with van der Waals surface area (Å²) in [4.78, 5) is 18.3. The maximum atomic E-state index is 13.1. The van der Waals surface area contributed by atoms with Crippen LogP contribution in [0.15, 0.2) is 59.0 Å². The van der Waals surface area contributed by atoms with Crippen LogP contribution in [0.1, 0.15) is 5.56 Å². The van der Waals surface area contributed by atoms with Gasteiger partial charge < -0.3 is 4.74 Å². The van der Waals surface area contributed by atoms with E-state index in [-0.39, 0.29) is 5.56 Å². The lowest BCUT2D eigenvalue weighted by atomic mass is 10.1. The van der Waals surface area contributed by atoms with Crippen LogP contribution < -0.4 is 10.3 Å². The van der Waals surface area contributed by atoms with E-state index in [2.05, 4.69) is 4.98 Å². The zero-order valence-corrected chi connectivity index (χ0v) is 16.6. The molecule has 0 spiro atoms. The minimum atomic E-state index is -0.0990. The van der Waals surface area contributed by atoms with Crippen LogP contribution in [0.2, 0.25) is 10.0 Å². The summed E-state index contributed by atoms with van der Waals surface area (Å²) in [6, 6.07) is 12.9. The van der Waals surface area contributed by atoms with Gasteiger partial charge in [0.15, 0.2) is 0 Å². The summed E-state index contributed by atoms with van der Waals surface area (Å²) < 4.78 is 6.77. The number of aromatic nitrogens is 2. The summed E-state index contributed by atoms with van der Waals surface area (Å²) in [5, 5.41) is 3.65. The summed E-state index contributed by atoms with van der Waals surface area (Å²) in [5.74, 6) is 0.770. The molecule has 27 heavy (non-hydrogen) atoms. The Bertz CT molecular complexity index is 1180. The summed E-state index contributed by atoms with van der Waals surface area (Å²) in [6.07, 6.45) is 1.56. The van der Waals surface area contributed by atoms with Crippen molar-refractivity contribution in [1.82, 2.24) is 9.55 Å². The average molecular weight is 417 g/mol. The molecule has 0 saturated heterocycles. The number of halogens is 2. The second-order valence-corrected chi connectivity index (χ2v) is 7.67. The topological polar surface area (TPSA) is 44.1 Å². The predicted octanol–water partition coefficient (Wildman–Crippen LogP) is 5.49. The van der Waals surface area contributed by atoms with Crippen molar-refractivity contribution < 1.29 is 4.74 Å². The minimum absolute atomic E-state index is 0.0990. The number of fused-ring (bicyclic) bond motifs is 1. The average Bonchev–Trinajstić information content (AvgIpc) is 3.11. The van der Waals surface area contributed by atoms with Gasteiger partial charge in [-0.2, -0.15) is 0 Å². The molecule has 0 aliphatic rings. The molecule has 136 valence electrons. The van der Waals surface area contributed by atoms with Crippen molar-refractivity contribution in [3.63, 3.8) is 0 Å². The Kier molecular flexibility index (Phi) is 4.91. The van der Waals surface area contributed by atoms with E-state index in [4.69, 9.17) is 27.9 Å². The molecule has 4 aromatic rings. The molecule has 0 radical (unpaired) electrons. The second kappa shape index (κ2) is 7.35. The molecule has 0 amide bonds. The van der Waals surface area contributed by atoms with Crippen LogP contribution in [-0.2, 0) is 6.54 Å². The molecule has 2 aromatic carbocycles. The Morgan fingerprint density at radius 2 is 1.93 bits per heavy atom. The Labute approximate surface area is 169 Å². The zero-order valence-electron chi connectivity index (χ0n) is 14.3. The maximum Gasteiger partial charge on any atom is 0.263 e. The standard InChI is InChI=1S/C20H14Cl2N2O2S/c1-26-15-6-3-12(4-7-15)16-10-27-19-18(16)20(25)24(11-23-19)9-13-2-5-14(21)8-17(13)22/h2-8,10-11H,9H2,1H3. The molecule has 2 heterocycles. The fraction of sp³-hybridized carbons (Fsp3) is 0.100. The third kappa shape index (κ3) is 3.46. The molecule has 0 unspecified atom stereocenters. The third-order valence-corrected chi connectivity index (χ3v) is 5.79. The molecule has 4 rings (SSSR count). The van der Waals surface area contributed by atoms with Gasteiger partial charge in [-0.15, -0.1) is 11.3 Å². The summed E-state index contributed by atoms with van der Waals surface area (Å²) in [5.41, 5.74) is 2.53. The number of hydrogen-bond donors (Lipinski definition) is 0. The molecular formula is C20H14Cl2N2O2S. The van der Waals surface area contributed by atoms with E-state index in [1.165, 1.54) is 11.3 Å². The van der Waals surface area contributed by atoms with Gasteiger partial charge >= 0.3 is 0 Å². The van der Waals surface area contributed by atoms with Gasteiger partial charge in [-0.05, 0) is 35.4 Å². The van der Waals surface area contributed by atoms with Crippen molar-refractivity contribution in [3.05, 3.63) is 80.1 Å². The van der Waals surface area contributed by atoms with E-state index in [1.54, 1.807) is 30.1 Å². The normalized spacial score (nSPS) is 11.1.